The van der Waals surface area contributed by atoms with E-state index < -0.39 is 24.2 Å². The first kappa shape index (κ1) is 18.1. The zero-order valence-electron chi connectivity index (χ0n) is 14.9. The second-order valence-electron chi connectivity index (χ2n) is 6.14. The molecule has 0 spiro atoms. The van der Waals surface area contributed by atoms with Gasteiger partial charge in [0.1, 0.15) is 15.5 Å². The number of Topliss-reactive ketones (excluding diaryl/α,β-unsaturated/α-hetero) is 1. The Kier molecular flexibility index (Phi) is 4.75. The highest BCUT2D eigenvalue weighted by atomic mass is 32.1. The zero-order chi connectivity index (χ0) is 19.7. The lowest BCUT2D eigenvalue weighted by Crippen LogP contribution is -2.14. The topological polar surface area (TPSA) is 61.2 Å². The summed E-state index contributed by atoms with van der Waals surface area (Å²) in [5, 5.41) is 5.37. The van der Waals surface area contributed by atoms with Gasteiger partial charge < -0.3 is 4.74 Å². The van der Waals surface area contributed by atoms with Crippen LogP contribution in [-0.4, -0.2) is 28.1 Å². The van der Waals surface area contributed by atoms with Crippen LogP contribution in [0, 0.1) is 12.7 Å². The monoisotopic (exact) mass is 394 g/mol. The number of thiophene rings is 1. The maximum absolute atomic E-state index is 13.7. The number of fused-ring (bicyclic) bond motifs is 1. The molecular formula is C21H15FN2O3S. The van der Waals surface area contributed by atoms with Crippen LogP contribution in [-0.2, 0) is 4.74 Å². The molecule has 140 valence electrons. The second-order valence-corrected chi connectivity index (χ2v) is 7.17. The van der Waals surface area contributed by atoms with E-state index in [-0.39, 0.29) is 5.56 Å². The van der Waals surface area contributed by atoms with Gasteiger partial charge in [-0.05, 0) is 37.3 Å². The molecule has 2 aromatic carbocycles. The number of aryl methyl sites for hydroxylation is 1. The molecule has 0 aliphatic heterocycles. The molecule has 0 radical (unpaired) electrons. The maximum Gasteiger partial charge on any atom is 0.348 e. The van der Waals surface area contributed by atoms with E-state index in [9.17, 15) is 14.0 Å². The minimum Gasteiger partial charge on any atom is -0.453 e. The molecule has 4 aromatic rings. The summed E-state index contributed by atoms with van der Waals surface area (Å²) in [6.45, 7) is 1.35. The van der Waals surface area contributed by atoms with Gasteiger partial charge in [0.15, 0.2) is 6.61 Å². The van der Waals surface area contributed by atoms with Gasteiger partial charge in [0, 0.05) is 5.39 Å². The van der Waals surface area contributed by atoms with E-state index in [2.05, 4.69) is 5.10 Å². The molecule has 0 unspecified atom stereocenters. The van der Waals surface area contributed by atoms with E-state index in [1.54, 1.807) is 16.8 Å². The van der Waals surface area contributed by atoms with Gasteiger partial charge >= 0.3 is 5.97 Å². The van der Waals surface area contributed by atoms with Crippen LogP contribution in [0.15, 0.2) is 60.7 Å². The zero-order valence-corrected chi connectivity index (χ0v) is 15.7. The van der Waals surface area contributed by atoms with Gasteiger partial charge in [-0.15, -0.1) is 11.3 Å². The highest BCUT2D eigenvalue weighted by Gasteiger charge is 2.20. The molecule has 2 aromatic heterocycles. The summed E-state index contributed by atoms with van der Waals surface area (Å²) in [7, 11) is 0. The SMILES string of the molecule is Cc1nn(-c2ccccc2)c2sc(C(=O)OCC(=O)c3ccccc3F)cc12. The van der Waals surface area contributed by atoms with Crippen molar-refractivity contribution in [1.29, 1.82) is 0 Å². The molecule has 0 aliphatic carbocycles. The number of ether oxygens (including phenoxy) is 1. The molecule has 0 saturated carbocycles. The summed E-state index contributed by atoms with van der Waals surface area (Å²) < 4.78 is 20.6. The summed E-state index contributed by atoms with van der Waals surface area (Å²) in [6, 6.07) is 16.9. The fourth-order valence-electron chi connectivity index (χ4n) is 2.86. The number of hydrogen-bond acceptors (Lipinski definition) is 5. The molecule has 5 nitrogen and oxygen atoms in total. The lowest BCUT2D eigenvalue weighted by molar-refractivity contribution is 0.0478. The smallest absolute Gasteiger partial charge is 0.348 e. The van der Waals surface area contributed by atoms with Crippen LogP contribution in [0.5, 0.6) is 0 Å². The van der Waals surface area contributed by atoms with Crippen molar-refractivity contribution in [3.8, 4) is 5.69 Å². The summed E-state index contributed by atoms with van der Waals surface area (Å²) in [5.74, 6) is -1.84. The van der Waals surface area contributed by atoms with Crippen LogP contribution in [0.3, 0.4) is 0 Å². The van der Waals surface area contributed by atoms with Crippen molar-refractivity contribution in [2.24, 2.45) is 0 Å². The van der Waals surface area contributed by atoms with Crippen molar-refractivity contribution in [3.63, 3.8) is 0 Å². The van der Waals surface area contributed by atoms with Crippen LogP contribution in [0.25, 0.3) is 15.9 Å². The van der Waals surface area contributed by atoms with Crippen molar-refractivity contribution in [2.75, 3.05) is 6.61 Å². The lowest BCUT2D eigenvalue weighted by atomic mass is 10.1. The van der Waals surface area contributed by atoms with E-state index in [4.69, 9.17) is 4.74 Å². The molecule has 0 N–H and O–H groups in total. The fourth-order valence-corrected chi connectivity index (χ4v) is 3.94. The van der Waals surface area contributed by atoms with E-state index in [0.717, 1.165) is 21.6 Å². The quantitative estimate of drug-likeness (QED) is 0.367. The number of carbonyl (C=O) groups excluding carboxylic acids is 2. The van der Waals surface area contributed by atoms with E-state index in [1.807, 2.05) is 37.3 Å². The number of rotatable bonds is 5. The number of para-hydroxylation sites is 1. The van der Waals surface area contributed by atoms with E-state index >= 15 is 0 Å². The second kappa shape index (κ2) is 7.36. The molecule has 0 aliphatic rings. The Bertz CT molecular complexity index is 1180. The first-order valence-electron chi connectivity index (χ1n) is 8.54. The highest BCUT2D eigenvalue weighted by Crippen LogP contribution is 2.30. The van der Waals surface area contributed by atoms with E-state index in [0.29, 0.717) is 4.88 Å². The van der Waals surface area contributed by atoms with Crippen LogP contribution in [0.4, 0.5) is 4.39 Å². The van der Waals surface area contributed by atoms with Crippen LogP contribution >= 0.6 is 11.3 Å². The number of carbonyl (C=O) groups is 2. The number of aromatic nitrogens is 2. The Morgan fingerprint density at radius 1 is 1.11 bits per heavy atom. The minimum absolute atomic E-state index is 0.0952. The summed E-state index contributed by atoms with van der Waals surface area (Å²) in [4.78, 5) is 25.7. The Morgan fingerprint density at radius 2 is 1.82 bits per heavy atom. The standard InChI is InChI=1S/C21H15FN2O3S/c1-13-16-11-19(28-20(16)24(23-13)14-7-3-2-4-8-14)21(26)27-12-18(25)15-9-5-6-10-17(15)22/h2-11H,12H2,1H3. The molecule has 7 heteroatoms. The van der Waals surface area contributed by atoms with Gasteiger partial charge in [-0.2, -0.15) is 5.10 Å². The van der Waals surface area contributed by atoms with Gasteiger partial charge in [-0.1, -0.05) is 30.3 Å². The molecule has 0 fully saturated rings. The number of halogens is 1. The molecular weight excluding hydrogens is 379 g/mol. The molecule has 0 amide bonds. The average molecular weight is 394 g/mol. The molecule has 28 heavy (non-hydrogen) atoms. The normalized spacial score (nSPS) is 10.9. The van der Waals surface area contributed by atoms with Crippen LogP contribution in [0.2, 0.25) is 0 Å². The number of hydrogen-bond donors (Lipinski definition) is 0. The molecule has 0 bridgehead atoms. The van der Waals surface area contributed by atoms with E-state index in [1.165, 1.54) is 29.5 Å². The Labute approximate surface area is 164 Å². The van der Waals surface area contributed by atoms with Crippen LogP contribution in [0.1, 0.15) is 25.7 Å². The van der Waals surface area contributed by atoms with Crippen molar-refractivity contribution in [3.05, 3.63) is 82.6 Å². The number of nitrogens with zero attached hydrogens (tertiary/aromatic N) is 2. The Morgan fingerprint density at radius 3 is 2.57 bits per heavy atom. The summed E-state index contributed by atoms with van der Waals surface area (Å²) >= 11 is 1.24. The maximum atomic E-state index is 13.7. The van der Waals surface area contributed by atoms with Crippen molar-refractivity contribution in [2.45, 2.75) is 6.92 Å². The van der Waals surface area contributed by atoms with Crippen LogP contribution < -0.4 is 0 Å². The highest BCUT2D eigenvalue weighted by molar-refractivity contribution is 7.20. The van der Waals surface area contributed by atoms with Gasteiger partial charge in [-0.3, -0.25) is 4.79 Å². The van der Waals surface area contributed by atoms with Crippen molar-refractivity contribution in [1.82, 2.24) is 9.78 Å². The lowest BCUT2D eigenvalue weighted by Gasteiger charge is -2.04. The predicted octanol–water partition coefficient (Wildman–Crippen LogP) is 4.57. The third-order valence-corrected chi connectivity index (χ3v) is 5.35. The molecule has 0 saturated heterocycles. The number of esters is 1. The van der Waals surface area contributed by atoms with Gasteiger partial charge in [0.25, 0.3) is 0 Å². The van der Waals surface area contributed by atoms with Crippen molar-refractivity contribution >= 4 is 33.3 Å². The summed E-state index contributed by atoms with van der Waals surface area (Å²) in [6.07, 6.45) is 0. The number of benzene rings is 2. The predicted molar refractivity (Wildman–Crippen MR) is 105 cm³/mol. The summed E-state index contributed by atoms with van der Waals surface area (Å²) in [5.41, 5.74) is 1.58. The molecule has 2 heterocycles. The Balaban J connectivity index is 1.55. The third kappa shape index (κ3) is 3.32. The first-order valence-corrected chi connectivity index (χ1v) is 9.35. The average Bonchev–Trinajstić information content (AvgIpc) is 3.28. The Hall–Kier alpha value is -3.32. The largest absolute Gasteiger partial charge is 0.453 e. The molecule has 0 atom stereocenters. The van der Waals surface area contributed by atoms with Gasteiger partial charge in [0.2, 0.25) is 5.78 Å². The molecule has 4 rings (SSSR count). The van der Waals surface area contributed by atoms with Gasteiger partial charge in [0.05, 0.1) is 16.9 Å². The first-order chi connectivity index (χ1) is 13.5. The van der Waals surface area contributed by atoms with Gasteiger partial charge in [-0.25, -0.2) is 13.9 Å². The fraction of sp³-hybridized carbons (Fsp3) is 0.0952. The van der Waals surface area contributed by atoms with Crippen molar-refractivity contribution < 1.29 is 18.7 Å². The third-order valence-electron chi connectivity index (χ3n) is 4.26. The number of ketones is 1. The minimum atomic E-state index is -0.635.